The lowest BCUT2D eigenvalue weighted by Gasteiger charge is -2.14. The highest BCUT2D eigenvalue weighted by Crippen LogP contribution is 2.38. The Morgan fingerprint density at radius 1 is 0.560 bits per heavy atom. The first-order valence-electron chi connectivity index (χ1n) is 16.5. The van der Waals surface area contributed by atoms with Crippen LogP contribution in [0.5, 0.6) is 0 Å². The van der Waals surface area contributed by atoms with Crippen molar-refractivity contribution in [2.45, 2.75) is 0 Å². The van der Waals surface area contributed by atoms with Crippen LogP contribution in [0.15, 0.2) is 176 Å². The summed E-state index contributed by atoms with van der Waals surface area (Å²) in [5, 5.41) is 5.86. The van der Waals surface area contributed by atoms with Crippen LogP contribution in [0, 0.1) is 12.3 Å². The van der Waals surface area contributed by atoms with Crippen LogP contribution in [0.1, 0.15) is 5.69 Å². The van der Waals surface area contributed by atoms with Gasteiger partial charge in [0.1, 0.15) is 0 Å². The van der Waals surface area contributed by atoms with E-state index in [1.165, 1.54) is 16.2 Å². The Balaban J connectivity index is 1.32. The van der Waals surface area contributed by atoms with Crippen LogP contribution in [0.3, 0.4) is 0 Å². The Hall–Kier alpha value is -6.89. The molecule has 0 fully saturated rings. The summed E-state index contributed by atoms with van der Waals surface area (Å²) in [6, 6.07) is 50.3. The smallest absolute Gasteiger partial charge is 0.160 e. The predicted molar refractivity (Wildman–Crippen MR) is 210 cm³/mol. The van der Waals surface area contributed by atoms with Gasteiger partial charge >= 0.3 is 0 Å². The molecule has 0 radical (unpaired) electrons. The van der Waals surface area contributed by atoms with Gasteiger partial charge in [-0.25, -0.2) is 15.0 Å². The number of hydrogen-bond acceptors (Lipinski definition) is 3. The van der Waals surface area contributed by atoms with Gasteiger partial charge in [0.05, 0.1) is 28.2 Å². The fourth-order valence-corrected chi connectivity index (χ4v) is 6.54. The van der Waals surface area contributed by atoms with Crippen LogP contribution < -0.4 is 0 Å². The second-order valence-corrected chi connectivity index (χ2v) is 12.0. The van der Waals surface area contributed by atoms with Crippen LogP contribution >= 0.6 is 0 Å². The maximum absolute atomic E-state index is 6.06. The molecule has 50 heavy (non-hydrogen) atoms. The summed E-state index contributed by atoms with van der Waals surface area (Å²) in [4.78, 5) is 15.4. The number of fused-ring (bicyclic) bond motifs is 5. The highest BCUT2D eigenvalue weighted by molar-refractivity contribution is 6.22. The Morgan fingerprint density at radius 2 is 1.26 bits per heavy atom. The first kappa shape index (κ1) is 30.4. The zero-order chi connectivity index (χ0) is 33.9. The van der Waals surface area contributed by atoms with Crippen molar-refractivity contribution in [3.63, 3.8) is 0 Å². The average molecular weight is 638 g/mol. The highest BCUT2D eigenvalue weighted by Gasteiger charge is 2.16. The van der Waals surface area contributed by atoms with Crippen LogP contribution in [0.2, 0.25) is 0 Å². The van der Waals surface area contributed by atoms with E-state index in [2.05, 4.69) is 116 Å². The van der Waals surface area contributed by atoms with E-state index in [-0.39, 0.29) is 0 Å². The lowest BCUT2D eigenvalue weighted by atomic mass is 9.94. The van der Waals surface area contributed by atoms with Crippen LogP contribution in [0.4, 0.5) is 0 Å². The summed E-state index contributed by atoms with van der Waals surface area (Å²) in [7, 11) is 0. The molecule has 6 aromatic carbocycles. The maximum Gasteiger partial charge on any atom is 0.160 e. The number of allylic oxidation sites excluding steroid dienone is 5. The number of hydrogen-bond donors (Lipinski definition) is 0. The third-order valence-electron chi connectivity index (χ3n) is 8.92. The van der Waals surface area contributed by atoms with E-state index >= 15 is 0 Å². The standard InChI is InChI=1S/C47H31N3/c1-3-5-7-16-32(4-2)43-31-44(50-47(49-43)38-23-14-20-35(29-38)33-17-8-6-9-18-33)36-21-15-22-37(30-36)46-41-28-27-34-19-10-11-24-39(34)45(41)40-25-12-13-26-42(40)48-46/h2-3,5-31H,1H2/b7-5-,32-16+. The number of aromatic nitrogens is 3. The average Bonchev–Trinajstić information content (AvgIpc) is 3.19. The molecule has 0 amide bonds. The van der Waals surface area contributed by atoms with E-state index in [9.17, 15) is 0 Å². The molecule has 0 unspecified atom stereocenters. The van der Waals surface area contributed by atoms with Gasteiger partial charge in [-0.3, -0.25) is 0 Å². The van der Waals surface area contributed by atoms with Gasteiger partial charge < -0.3 is 0 Å². The van der Waals surface area contributed by atoms with E-state index in [1.807, 2.05) is 60.7 Å². The normalized spacial score (nSPS) is 11.7. The SMILES string of the molecule is C#C/C(=C\C=C/C=C)c1cc(-c2cccc(-c3nc4ccccc4c4c3ccc3ccccc34)c2)nc(-c2cccc(-c3ccccc3)c2)n1. The summed E-state index contributed by atoms with van der Waals surface area (Å²) < 4.78 is 0. The first-order valence-corrected chi connectivity index (χ1v) is 16.5. The minimum Gasteiger partial charge on any atom is -0.247 e. The summed E-state index contributed by atoms with van der Waals surface area (Å²) >= 11 is 0. The van der Waals surface area contributed by atoms with Gasteiger partial charge in [0.2, 0.25) is 0 Å². The second-order valence-electron chi connectivity index (χ2n) is 12.0. The van der Waals surface area contributed by atoms with Gasteiger partial charge in [0, 0.05) is 32.8 Å². The van der Waals surface area contributed by atoms with Crippen LogP contribution in [-0.4, -0.2) is 15.0 Å². The van der Waals surface area contributed by atoms with Gasteiger partial charge in [-0.05, 0) is 52.2 Å². The third-order valence-corrected chi connectivity index (χ3v) is 8.92. The fourth-order valence-electron chi connectivity index (χ4n) is 6.54. The Labute approximate surface area is 291 Å². The van der Waals surface area contributed by atoms with Crippen LogP contribution in [-0.2, 0) is 0 Å². The van der Waals surface area contributed by atoms with Crippen molar-refractivity contribution in [2.75, 3.05) is 0 Å². The van der Waals surface area contributed by atoms with Gasteiger partial charge in [0.25, 0.3) is 0 Å². The molecule has 0 saturated heterocycles. The van der Waals surface area contributed by atoms with Crippen molar-refractivity contribution in [2.24, 2.45) is 0 Å². The van der Waals surface area contributed by atoms with Gasteiger partial charge in [-0.15, -0.1) is 6.42 Å². The van der Waals surface area contributed by atoms with E-state index < -0.39 is 0 Å². The van der Waals surface area contributed by atoms with Crippen molar-refractivity contribution in [1.29, 1.82) is 0 Å². The van der Waals surface area contributed by atoms with Crippen molar-refractivity contribution < 1.29 is 0 Å². The summed E-state index contributed by atoms with van der Waals surface area (Å²) in [6.07, 6.45) is 13.4. The first-order chi connectivity index (χ1) is 24.7. The van der Waals surface area contributed by atoms with E-state index in [1.54, 1.807) is 6.08 Å². The molecule has 0 aliphatic heterocycles. The van der Waals surface area contributed by atoms with E-state index in [4.69, 9.17) is 21.4 Å². The van der Waals surface area contributed by atoms with Gasteiger partial charge in [0.15, 0.2) is 5.82 Å². The zero-order valence-corrected chi connectivity index (χ0v) is 27.3. The molecule has 0 N–H and O–H groups in total. The molecule has 0 saturated carbocycles. The van der Waals surface area contributed by atoms with Crippen LogP contribution in [0.25, 0.3) is 83.1 Å². The number of pyridine rings is 1. The minimum atomic E-state index is 0.593. The molecule has 0 atom stereocenters. The molecule has 8 aromatic rings. The molecule has 0 bridgehead atoms. The maximum atomic E-state index is 6.06. The zero-order valence-electron chi connectivity index (χ0n) is 27.3. The topological polar surface area (TPSA) is 38.7 Å². The molecule has 3 heteroatoms. The largest absolute Gasteiger partial charge is 0.247 e. The van der Waals surface area contributed by atoms with Crippen molar-refractivity contribution in [3.8, 4) is 57.4 Å². The molecule has 3 nitrogen and oxygen atoms in total. The second kappa shape index (κ2) is 13.3. The lowest BCUT2D eigenvalue weighted by Crippen LogP contribution is -1.98. The minimum absolute atomic E-state index is 0.593. The molecule has 234 valence electrons. The molecule has 0 spiro atoms. The summed E-state index contributed by atoms with van der Waals surface area (Å²) in [6.45, 7) is 3.78. The number of para-hydroxylation sites is 1. The number of benzene rings is 6. The molecule has 8 rings (SSSR count). The Morgan fingerprint density at radius 3 is 2.10 bits per heavy atom. The van der Waals surface area contributed by atoms with E-state index in [0.717, 1.165) is 55.5 Å². The number of nitrogens with zero attached hydrogens (tertiary/aromatic N) is 3. The molecule has 2 heterocycles. The molecular weight excluding hydrogens is 607 g/mol. The molecule has 2 aromatic heterocycles. The van der Waals surface area contributed by atoms with Gasteiger partial charge in [-0.1, -0.05) is 152 Å². The predicted octanol–water partition coefficient (Wildman–Crippen LogP) is 11.8. The summed E-state index contributed by atoms with van der Waals surface area (Å²) in [5.41, 5.74) is 9.02. The number of terminal acetylenes is 1. The fraction of sp³-hybridized carbons (Fsp3) is 0. The number of rotatable bonds is 7. The Kier molecular flexibility index (Phi) is 8.11. The summed E-state index contributed by atoms with van der Waals surface area (Å²) in [5.74, 6) is 3.43. The lowest BCUT2D eigenvalue weighted by molar-refractivity contribution is 1.16. The molecule has 0 aliphatic carbocycles. The van der Waals surface area contributed by atoms with Gasteiger partial charge in [-0.2, -0.15) is 0 Å². The Bertz CT molecular complexity index is 2660. The highest BCUT2D eigenvalue weighted by atomic mass is 14.9. The van der Waals surface area contributed by atoms with Crippen molar-refractivity contribution in [1.82, 2.24) is 15.0 Å². The molecular formula is C47H31N3. The molecule has 0 aliphatic rings. The van der Waals surface area contributed by atoms with Crippen molar-refractivity contribution in [3.05, 3.63) is 182 Å². The van der Waals surface area contributed by atoms with E-state index in [0.29, 0.717) is 17.1 Å². The third kappa shape index (κ3) is 5.76. The monoisotopic (exact) mass is 637 g/mol. The quantitative estimate of drug-likeness (QED) is 0.0991. The van der Waals surface area contributed by atoms with Crippen molar-refractivity contribution >= 4 is 38.0 Å².